The zero-order valence-electron chi connectivity index (χ0n) is 2.57. The van der Waals surface area contributed by atoms with E-state index in [9.17, 15) is 0 Å². The fourth-order valence-electron chi connectivity index (χ4n) is 0.0962. The molecule has 0 bridgehead atoms. The van der Waals surface area contributed by atoms with Crippen molar-refractivity contribution < 1.29 is 0 Å². The third kappa shape index (κ3) is 0.249. The van der Waals surface area contributed by atoms with E-state index in [2.05, 4.69) is 0 Å². The molecule has 20 valence electrons. The quantitative estimate of drug-likeness (QED) is 0.356. The summed E-state index contributed by atoms with van der Waals surface area (Å²) in [6.45, 7) is 0. The lowest BCUT2D eigenvalue weighted by Crippen LogP contribution is -1.47. The zero-order chi connectivity index (χ0) is 2.99. The van der Waals surface area contributed by atoms with Crippen molar-refractivity contribution in [1.82, 2.24) is 0 Å². The molecule has 1 aliphatic carbocycles. The largest absolute Gasteiger partial charge is 0.0774 e. The van der Waals surface area contributed by atoms with Gasteiger partial charge < -0.3 is 0 Å². The second-order valence-electron chi connectivity index (χ2n) is 1.34. The second kappa shape index (κ2) is 0.509. The summed E-state index contributed by atoms with van der Waals surface area (Å²) in [6, 6.07) is 0. The van der Waals surface area contributed by atoms with Crippen LogP contribution >= 0.6 is 0 Å². The molecule has 1 saturated carbocycles. The first-order valence-corrected chi connectivity index (χ1v) is 1.65. The summed E-state index contributed by atoms with van der Waals surface area (Å²) in [5, 5.41) is 0. The lowest BCUT2D eigenvalue weighted by molar-refractivity contribution is 1.47. The Hall–Kier alpha value is 0.0649. The Balaban J connectivity index is 2.17. The molecular weight excluding hydrogens is 46.8 g/mol. The van der Waals surface area contributed by atoms with Crippen molar-refractivity contribution in [3.8, 4) is 0 Å². The molecule has 0 saturated heterocycles. The predicted molar refractivity (Wildman–Crippen MR) is 18.7 cm³/mol. The molecule has 0 aromatic heterocycles. The molecule has 1 rings (SSSR count). The van der Waals surface area contributed by atoms with Crippen molar-refractivity contribution in [2.24, 2.45) is 0 Å². The fraction of sp³-hybridized carbons (Fsp3) is 1.00. The molecule has 0 nitrogen and oxygen atoms in total. The van der Waals surface area contributed by atoms with E-state index in [1.165, 1.54) is 12.8 Å². The van der Waals surface area contributed by atoms with Crippen LogP contribution in [0.2, 0.25) is 5.82 Å². The lowest BCUT2D eigenvalue weighted by Gasteiger charge is -1.52. The first kappa shape index (κ1) is 2.31. The average Bonchev–Trinajstić information content (AvgIpc) is 1.75. The van der Waals surface area contributed by atoms with Crippen LogP contribution < -0.4 is 0 Å². The molecule has 1 fully saturated rings. The summed E-state index contributed by atoms with van der Waals surface area (Å²) < 4.78 is 0. The van der Waals surface area contributed by atoms with Crippen LogP contribution in [0.15, 0.2) is 0 Å². The minimum absolute atomic E-state index is 0.583. The Bertz CT molecular complexity index is 22.5. The van der Waals surface area contributed by atoms with Crippen LogP contribution in [0, 0.1) is 0 Å². The first-order valence-electron chi connectivity index (χ1n) is 1.65. The molecule has 0 N–H and O–H groups in total. The Morgan fingerprint density at radius 2 is 1.75 bits per heavy atom. The fourth-order valence-corrected chi connectivity index (χ4v) is 0.0962. The molecule has 1 heteroatoms. The molecule has 2 radical (unpaired) electrons. The molecule has 1 aliphatic rings. The third-order valence-electron chi connectivity index (χ3n) is 0.622. The number of hydrogen-bond donors (Lipinski definition) is 0. The highest BCUT2D eigenvalue weighted by Gasteiger charge is 2.12. The maximum atomic E-state index is 5.22. The molecule has 4 heavy (non-hydrogen) atoms. The van der Waals surface area contributed by atoms with Gasteiger partial charge in [0.25, 0.3) is 0 Å². The van der Waals surface area contributed by atoms with Gasteiger partial charge in [0, 0.05) is 0 Å². The van der Waals surface area contributed by atoms with Crippen LogP contribution in [-0.2, 0) is 0 Å². The van der Waals surface area contributed by atoms with Crippen LogP contribution in [0.4, 0.5) is 0 Å². The second-order valence-corrected chi connectivity index (χ2v) is 1.34. The van der Waals surface area contributed by atoms with E-state index < -0.39 is 0 Å². The Kier molecular flexibility index (Phi) is 0.294. The number of rotatable bonds is 0. The Morgan fingerprint density at radius 3 is 1.75 bits per heavy atom. The monoisotopic (exact) mass is 52.0 g/mol. The van der Waals surface area contributed by atoms with Crippen LogP contribution in [-0.4, -0.2) is 7.85 Å². The topological polar surface area (TPSA) is 0 Å². The molecule has 0 aliphatic heterocycles. The highest BCUT2D eigenvalue weighted by molar-refractivity contribution is 6.13. The van der Waals surface area contributed by atoms with Gasteiger partial charge in [-0.25, -0.2) is 0 Å². The van der Waals surface area contributed by atoms with E-state index in [-0.39, 0.29) is 0 Å². The van der Waals surface area contributed by atoms with Crippen LogP contribution in [0.1, 0.15) is 12.8 Å². The highest BCUT2D eigenvalue weighted by Crippen LogP contribution is 2.31. The van der Waals surface area contributed by atoms with Crippen LogP contribution in [0.3, 0.4) is 0 Å². The minimum atomic E-state index is 0.583. The molecule has 0 unspecified atom stereocenters. The maximum Gasteiger partial charge on any atom is 0.0699 e. The van der Waals surface area contributed by atoms with Gasteiger partial charge >= 0.3 is 0 Å². The maximum absolute atomic E-state index is 5.22. The van der Waals surface area contributed by atoms with Crippen molar-refractivity contribution in [1.29, 1.82) is 0 Å². The van der Waals surface area contributed by atoms with Crippen LogP contribution in [0.5, 0.6) is 0 Å². The summed E-state index contributed by atoms with van der Waals surface area (Å²) in [4.78, 5) is 0. The molecule has 0 aromatic rings. The van der Waals surface area contributed by atoms with Crippen LogP contribution in [0.25, 0.3) is 0 Å². The smallest absolute Gasteiger partial charge is 0.0699 e. The van der Waals surface area contributed by atoms with Gasteiger partial charge in [0.1, 0.15) is 0 Å². The molecule has 0 atom stereocenters. The van der Waals surface area contributed by atoms with Gasteiger partial charge in [-0.3, -0.25) is 0 Å². The first-order chi connectivity index (χ1) is 1.89. The van der Waals surface area contributed by atoms with Gasteiger partial charge in [0.15, 0.2) is 0 Å². The van der Waals surface area contributed by atoms with E-state index in [1.54, 1.807) is 0 Å². The van der Waals surface area contributed by atoms with Crippen molar-refractivity contribution in [3.05, 3.63) is 0 Å². The van der Waals surface area contributed by atoms with Gasteiger partial charge in [-0.2, -0.15) is 0 Å². The van der Waals surface area contributed by atoms with Crippen molar-refractivity contribution in [2.45, 2.75) is 18.7 Å². The van der Waals surface area contributed by atoms with E-state index in [0.29, 0.717) is 5.82 Å². The Morgan fingerprint density at radius 1 is 1.50 bits per heavy atom. The van der Waals surface area contributed by atoms with E-state index in [0.717, 1.165) is 0 Å². The summed E-state index contributed by atoms with van der Waals surface area (Å²) in [5.74, 6) is 0.583. The molecular formula is C3H5B. The highest BCUT2D eigenvalue weighted by atomic mass is 14.1. The zero-order valence-corrected chi connectivity index (χ0v) is 2.57. The van der Waals surface area contributed by atoms with E-state index >= 15 is 0 Å². The molecule has 0 heterocycles. The van der Waals surface area contributed by atoms with Gasteiger partial charge in [-0.1, -0.05) is 18.7 Å². The summed E-state index contributed by atoms with van der Waals surface area (Å²) in [5.41, 5.74) is 0. The molecule has 0 aromatic carbocycles. The van der Waals surface area contributed by atoms with Gasteiger partial charge in [-0.05, 0) is 0 Å². The van der Waals surface area contributed by atoms with Crippen molar-refractivity contribution in [2.75, 3.05) is 0 Å². The van der Waals surface area contributed by atoms with Gasteiger partial charge in [-0.15, -0.1) is 0 Å². The SMILES string of the molecule is [B]C1CC1. The van der Waals surface area contributed by atoms with Gasteiger partial charge in [0.05, 0.1) is 7.85 Å². The average molecular weight is 51.9 g/mol. The number of hydrogen-bond acceptors (Lipinski definition) is 0. The molecule has 0 amide bonds. The summed E-state index contributed by atoms with van der Waals surface area (Å²) >= 11 is 0. The summed E-state index contributed by atoms with van der Waals surface area (Å²) in [6.07, 6.45) is 2.53. The standard InChI is InChI=1S/C3H5B/c4-3-1-2-3/h3H,1-2H2. The molecule has 0 spiro atoms. The Labute approximate surface area is 27.6 Å². The van der Waals surface area contributed by atoms with E-state index in [4.69, 9.17) is 7.85 Å². The third-order valence-corrected chi connectivity index (χ3v) is 0.622. The van der Waals surface area contributed by atoms with Crippen molar-refractivity contribution in [3.63, 3.8) is 0 Å². The minimum Gasteiger partial charge on any atom is -0.0774 e. The van der Waals surface area contributed by atoms with E-state index in [1.807, 2.05) is 0 Å². The summed E-state index contributed by atoms with van der Waals surface area (Å²) in [7, 11) is 5.22. The van der Waals surface area contributed by atoms with Gasteiger partial charge in [0.2, 0.25) is 0 Å². The lowest BCUT2D eigenvalue weighted by atomic mass is 10.0. The normalized spacial score (nSPS) is 26.0. The predicted octanol–water partition coefficient (Wildman–Crippen LogP) is 0.737. The van der Waals surface area contributed by atoms with Crippen molar-refractivity contribution >= 4 is 7.85 Å².